The van der Waals surface area contributed by atoms with Crippen molar-refractivity contribution in [3.8, 4) is 0 Å². The van der Waals surface area contributed by atoms with Gasteiger partial charge >= 0.3 is 5.97 Å². The van der Waals surface area contributed by atoms with Gasteiger partial charge in [0.25, 0.3) is 0 Å². The number of nitrogens with zero attached hydrogens (tertiary/aromatic N) is 1. The summed E-state index contributed by atoms with van der Waals surface area (Å²) in [5.74, 6) is 0.0750. The minimum Gasteiger partial charge on any atom is -0.611 e. The van der Waals surface area contributed by atoms with E-state index >= 15 is 0 Å². The van der Waals surface area contributed by atoms with Gasteiger partial charge in [-0.1, -0.05) is 52.0 Å². The molecule has 0 saturated carbocycles. The van der Waals surface area contributed by atoms with Crippen molar-refractivity contribution in [1.29, 1.82) is 0 Å². The zero-order chi connectivity index (χ0) is 21.5. The van der Waals surface area contributed by atoms with Crippen LogP contribution in [0.5, 0.6) is 0 Å². The number of carbonyl (C=O) groups is 1. The van der Waals surface area contributed by atoms with E-state index in [0.717, 1.165) is 38.8 Å². The Hall–Kier alpha value is -1.20. The zero-order valence-corrected chi connectivity index (χ0v) is 19.7. The Labute approximate surface area is 181 Å². The Morgan fingerprint density at radius 2 is 1.79 bits per heavy atom. The minimum atomic E-state index is -1.39. The van der Waals surface area contributed by atoms with Crippen LogP contribution in [0.25, 0.3) is 0 Å². The van der Waals surface area contributed by atoms with Gasteiger partial charge in [0.2, 0.25) is 4.91 Å². The lowest BCUT2D eigenvalue weighted by atomic mass is 9.98. The predicted octanol–water partition coefficient (Wildman–Crippen LogP) is 5.73. The molecule has 2 unspecified atom stereocenters. The van der Waals surface area contributed by atoms with Crippen LogP contribution in [0, 0.1) is 5.92 Å². The zero-order valence-electron chi connectivity index (χ0n) is 18.9. The second-order valence-corrected chi connectivity index (χ2v) is 9.41. The number of unbranched alkanes of at least 4 members (excludes halogenated alkanes) is 5. The van der Waals surface area contributed by atoms with Crippen LogP contribution in [-0.4, -0.2) is 40.4 Å². The predicted molar refractivity (Wildman–Crippen MR) is 124 cm³/mol. The van der Waals surface area contributed by atoms with Crippen molar-refractivity contribution in [2.24, 2.45) is 5.92 Å². The molecule has 0 fully saturated rings. The number of rotatable bonds is 14. The van der Waals surface area contributed by atoms with Crippen molar-refractivity contribution in [2.75, 3.05) is 19.7 Å². The molecule has 1 aliphatic carbocycles. The van der Waals surface area contributed by atoms with Gasteiger partial charge in [-0.15, -0.1) is 0 Å². The molecule has 1 rings (SSSR count). The second-order valence-electron chi connectivity index (χ2n) is 7.77. The highest BCUT2D eigenvalue weighted by Crippen LogP contribution is 2.27. The van der Waals surface area contributed by atoms with Crippen molar-refractivity contribution in [3.05, 3.63) is 35.4 Å². The molecule has 29 heavy (non-hydrogen) atoms. The molecule has 5 heteroatoms. The third-order valence-electron chi connectivity index (χ3n) is 5.34. The molecule has 0 saturated heterocycles. The molecule has 0 amide bonds. The average Bonchev–Trinajstić information content (AvgIpc) is 2.73. The van der Waals surface area contributed by atoms with Gasteiger partial charge in [-0.2, -0.15) is 0 Å². The van der Waals surface area contributed by atoms with E-state index < -0.39 is 17.1 Å². The first-order valence-corrected chi connectivity index (χ1v) is 12.6. The van der Waals surface area contributed by atoms with Gasteiger partial charge in [0.1, 0.15) is 5.25 Å². The fraction of sp³-hybridized carbons (Fsp3) is 0.708. The highest BCUT2D eigenvalue weighted by Gasteiger charge is 2.32. The van der Waals surface area contributed by atoms with Crippen LogP contribution in [0.2, 0.25) is 0 Å². The third kappa shape index (κ3) is 10.4. The molecule has 0 aromatic rings. The van der Waals surface area contributed by atoms with Crippen LogP contribution >= 0.6 is 0 Å². The molecule has 4 nitrogen and oxygen atoms in total. The molecule has 166 valence electrons. The molecule has 0 N–H and O–H groups in total. The number of hydrogen-bond acceptors (Lipinski definition) is 4. The Bertz CT molecular complexity index is 540. The lowest BCUT2D eigenvalue weighted by Gasteiger charge is -2.24. The van der Waals surface area contributed by atoms with Crippen molar-refractivity contribution >= 4 is 17.1 Å². The first-order chi connectivity index (χ1) is 14.0. The normalized spacial score (nSPS) is 20.8. The molecular weight excluding hydrogens is 382 g/mol. The largest absolute Gasteiger partial charge is 0.611 e. The SMILES string of the molecule is CCCCCCCCOC(=O)/C(=C/C=C/N(CC)CC)[S+]([O-])C1C=C[C@@H](C)CC1. The molecule has 0 aromatic carbocycles. The maximum absolute atomic E-state index is 13.1. The average molecular weight is 424 g/mol. The van der Waals surface area contributed by atoms with E-state index in [9.17, 15) is 9.35 Å². The molecule has 0 heterocycles. The fourth-order valence-corrected chi connectivity index (χ4v) is 4.64. The summed E-state index contributed by atoms with van der Waals surface area (Å²) in [4.78, 5) is 15.1. The van der Waals surface area contributed by atoms with E-state index in [-0.39, 0.29) is 10.2 Å². The van der Waals surface area contributed by atoms with Gasteiger partial charge in [-0.05, 0) is 68.6 Å². The second kappa shape index (κ2) is 15.6. The molecule has 0 bridgehead atoms. The van der Waals surface area contributed by atoms with Gasteiger partial charge in [0, 0.05) is 19.2 Å². The van der Waals surface area contributed by atoms with Crippen LogP contribution in [-0.2, 0) is 20.7 Å². The Morgan fingerprint density at radius 3 is 2.41 bits per heavy atom. The molecule has 0 aliphatic heterocycles. The number of ether oxygens (including phenoxy) is 1. The molecule has 3 atom stereocenters. The number of hydrogen-bond donors (Lipinski definition) is 0. The van der Waals surface area contributed by atoms with Crippen LogP contribution in [0.4, 0.5) is 0 Å². The lowest BCUT2D eigenvalue weighted by Crippen LogP contribution is -2.28. The topological polar surface area (TPSA) is 52.6 Å². The summed E-state index contributed by atoms with van der Waals surface area (Å²) in [7, 11) is 0. The van der Waals surface area contributed by atoms with Gasteiger partial charge in [0.15, 0.2) is 0 Å². The van der Waals surface area contributed by atoms with E-state index in [0.29, 0.717) is 12.5 Å². The maximum Gasteiger partial charge on any atom is 0.386 e. The van der Waals surface area contributed by atoms with Crippen LogP contribution in [0.1, 0.15) is 79.1 Å². The summed E-state index contributed by atoms with van der Waals surface area (Å²) in [6, 6.07) is 0. The van der Waals surface area contributed by atoms with Gasteiger partial charge in [-0.25, -0.2) is 4.79 Å². The number of esters is 1. The van der Waals surface area contributed by atoms with Crippen LogP contribution < -0.4 is 0 Å². The highest BCUT2D eigenvalue weighted by molar-refractivity contribution is 7.96. The summed E-state index contributed by atoms with van der Waals surface area (Å²) in [6.45, 7) is 10.7. The summed E-state index contributed by atoms with van der Waals surface area (Å²) in [5, 5.41) is -0.110. The van der Waals surface area contributed by atoms with Gasteiger partial charge < -0.3 is 14.2 Å². The summed E-state index contributed by atoms with van der Waals surface area (Å²) in [6.07, 6.45) is 18.2. The van der Waals surface area contributed by atoms with E-state index in [1.54, 1.807) is 6.08 Å². The van der Waals surface area contributed by atoms with Crippen molar-refractivity contribution in [3.63, 3.8) is 0 Å². The van der Waals surface area contributed by atoms with E-state index in [4.69, 9.17) is 4.74 Å². The van der Waals surface area contributed by atoms with E-state index in [1.165, 1.54) is 25.7 Å². The van der Waals surface area contributed by atoms with Crippen molar-refractivity contribution in [1.82, 2.24) is 4.90 Å². The summed E-state index contributed by atoms with van der Waals surface area (Å²) >= 11 is -1.39. The van der Waals surface area contributed by atoms with Gasteiger partial charge in [-0.3, -0.25) is 0 Å². The van der Waals surface area contributed by atoms with Crippen molar-refractivity contribution in [2.45, 2.75) is 84.3 Å². The molecule has 1 aliphatic rings. The monoisotopic (exact) mass is 423 g/mol. The first kappa shape index (κ1) is 25.8. The Morgan fingerprint density at radius 1 is 1.10 bits per heavy atom. The Kier molecular flexibility index (Phi) is 13.9. The van der Waals surface area contributed by atoms with Crippen molar-refractivity contribution < 1.29 is 14.1 Å². The molecule has 0 spiro atoms. The lowest BCUT2D eigenvalue weighted by molar-refractivity contribution is -0.138. The van der Waals surface area contributed by atoms with Gasteiger partial charge in [0.05, 0.1) is 6.61 Å². The number of carbonyl (C=O) groups excluding carboxylic acids is 1. The van der Waals surface area contributed by atoms with Crippen LogP contribution in [0.3, 0.4) is 0 Å². The third-order valence-corrected chi connectivity index (χ3v) is 7.02. The fourth-order valence-electron chi connectivity index (χ4n) is 3.30. The number of allylic oxidation sites excluding steroid dienone is 3. The molecule has 0 aromatic heterocycles. The maximum atomic E-state index is 13.1. The quantitative estimate of drug-likeness (QED) is 0.0893. The summed E-state index contributed by atoms with van der Waals surface area (Å²) in [5.41, 5.74) is 0. The minimum absolute atomic E-state index is 0.110. The first-order valence-electron chi connectivity index (χ1n) is 11.4. The van der Waals surface area contributed by atoms with E-state index in [2.05, 4.69) is 38.7 Å². The van der Waals surface area contributed by atoms with Crippen LogP contribution in [0.15, 0.2) is 35.4 Å². The van der Waals surface area contributed by atoms with E-state index in [1.807, 2.05) is 18.4 Å². The molecular formula is C24H41NO3S. The highest BCUT2D eigenvalue weighted by atomic mass is 32.2. The Balaban J connectivity index is 2.70. The standard InChI is InChI=1S/C24H41NO3S/c1-5-8-9-10-11-12-20-28-24(26)23(14-13-19-25(6-2)7-3)29(27)22-17-15-21(4)16-18-22/h13-15,17,19,21-22H,5-12,16,18,20H2,1-4H3/b19-13+,23-14-/t21-,22?,29?/m1/s1. The smallest absolute Gasteiger partial charge is 0.386 e. The molecule has 0 radical (unpaired) electrons. The summed E-state index contributed by atoms with van der Waals surface area (Å²) < 4.78 is 18.6.